The third kappa shape index (κ3) is 3.66. The Morgan fingerprint density at radius 2 is 1.52 bits per heavy atom. The Morgan fingerprint density at radius 3 is 2.14 bits per heavy atom. The van der Waals surface area contributed by atoms with Crippen LogP contribution in [0.15, 0.2) is 60.7 Å². The Labute approximate surface area is 175 Å². The number of methoxy groups -OCH3 is 3. The largest absolute Gasteiger partial charge is 0.497 e. The van der Waals surface area contributed by atoms with Crippen LogP contribution in [-0.4, -0.2) is 28.0 Å². The molecule has 0 aromatic heterocycles. The Hall–Kier alpha value is -3.05. The van der Waals surface area contributed by atoms with E-state index in [0.717, 1.165) is 28.3 Å². The fourth-order valence-electron chi connectivity index (χ4n) is 3.72. The molecule has 150 valence electrons. The topological polar surface area (TPSA) is 43.0 Å². The zero-order valence-electron chi connectivity index (χ0n) is 16.6. The van der Waals surface area contributed by atoms with E-state index in [4.69, 9.17) is 25.8 Å². The van der Waals surface area contributed by atoms with E-state index < -0.39 is 0 Å². The second kappa shape index (κ2) is 8.13. The SMILES string of the molecule is COc1ccc(N2CNc3cc(OC)c(OC)cc3C2c2ccc(Cl)cc2)cc1. The van der Waals surface area contributed by atoms with Gasteiger partial charge in [0.1, 0.15) is 5.75 Å². The summed E-state index contributed by atoms with van der Waals surface area (Å²) in [6.07, 6.45) is 0. The highest BCUT2D eigenvalue weighted by Crippen LogP contribution is 2.44. The lowest BCUT2D eigenvalue weighted by molar-refractivity contribution is 0.354. The molecule has 1 N–H and O–H groups in total. The minimum Gasteiger partial charge on any atom is -0.497 e. The summed E-state index contributed by atoms with van der Waals surface area (Å²) >= 11 is 6.15. The summed E-state index contributed by atoms with van der Waals surface area (Å²) < 4.78 is 16.4. The first-order chi connectivity index (χ1) is 14.1. The second-order valence-corrected chi connectivity index (χ2v) is 7.19. The molecule has 0 fully saturated rings. The van der Waals surface area contributed by atoms with E-state index >= 15 is 0 Å². The Morgan fingerprint density at radius 1 is 0.862 bits per heavy atom. The zero-order chi connectivity index (χ0) is 20.4. The molecule has 1 unspecified atom stereocenters. The first-order valence-electron chi connectivity index (χ1n) is 9.30. The molecule has 29 heavy (non-hydrogen) atoms. The van der Waals surface area contributed by atoms with Crippen molar-refractivity contribution in [3.8, 4) is 17.2 Å². The number of halogens is 1. The minimum atomic E-state index is -0.0169. The summed E-state index contributed by atoms with van der Waals surface area (Å²) in [6, 6.07) is 20.1. The lowest BCUT2D eigenvalue weighted by Crippen LogP contribution is -2.38. The number of nitrogens with zero attached hydrogens (tertiary/aromatic N) is 1. The van der Waals surface area contributed by atoms with Gasteiger partial charge in [0, 0.05) is 28.0 Å². The molecule has 0 amide bonds. The first kappa shape index (κ1) is 19.3. The summed E-state index contributed by atoms with van der Waals surface area (Å²) in [7, 11) is 4.97. The van der Waals surface area contributed by atoms with Gasteiger partial charge in [-0.1, -0.05) is 23.7 Å². The van der Waals surface area contributed by atoms with E-state index in [0.29, 0.717) is 23.2 Å². The highest BCUT2D eigenvalue weighted by Gasteiger charge is 2.30. The monoisotopic (exact) mass is 410 g/mol. The van der Waals surface area contributed by atoms with Crippen molar-refractivity contribution in [3.63, 3.8) is 0 Å². The van der Waals surface area contributed by atoms with Gasteiger partial charge in [0.05, 0.1) is 34.0 Å². The molecule has 0 spiro atoms. The van der Waals surface area contributed by atoms with Crippen LogP contribution in [0.4, 0.5) is 11.4 Å². The number of anilines is 2. The van der Waals surface area contributed by atoms with Crippen molar-refractivity contribution in [2.24, 2.45) is 0 Å². The molecule has 5 nitrogen and oxygen atoms in total. The Balaban J connectivity index is 1.85. The smallest absolute Gasteiger partial charge is 0.162 e. The van der Waals surface area contributed by atoms with Crippen LogP contribution < -0.4 is 24.4 Å². The zero-order valence-corrected chi connectivity index (χ0v) is 17.4. The average Bonchev–Trinajstić information content (AvgIpc) is 2.78. The van der Waals surface area contributed by atoms with Gasteiger partial charge >= 0.3 is 0 Å². The van der Waals surface area contributed by atoms with Gasteiger partial charge in [-0.3, -0.25) is 0 Å². The number of hydrogen-bond acceptors (Lipinski definition) is 5. The number of ether oxygens (including phenoxy) is 3. The highest BCUT2D eigenvalue weighted by atomic mass is 35.5. The van der Waals surface area contributed by atoms with Gasteiger partial charge in [-0.25, -0.2) is 0 Å². The van der Waals surface area contributed by atoms with Crippen LogP contribution in [0.1, 0.15) is 17.2 Å². The molecule has 1 atom stereocenters. The predicted octanol–water partition coefficient (Wildman–Crippen LogP) is 5.34. The van der Waals surface area contributed by atoms with Crippen molar-refractivity contribution < 1.29 is 14.2 Å². The van der Waals surface area contributed by atoms with E-state index in [9.17, 15) is 0 Å². The second-order valence-electron chi connectivity index (χ2n) is 6.75. The molecule has 1 heterocycles. The van der Waals surface area contributed by atoms with Crippen molar-refractivity contribution in [3.05, 3.63) is 76.8 Å². The quantitative estimate of drug-likeness (QED) is 0.614. The predicted molar refractivity (Wildman–Crippen MR) is 117 cm³/mol. The highest BCUT2D eigenvalue weighted by molar-refractivity contribution is 6.30. The summed E-state index contributed by atoms with van der Waals surface area (Å²) in [5, 5.41) is 4.22. The number of fused-ring (bicyclic) bond motifs is 1. The van der Waals surface area contributed by atoms with Crippen molar-refractivity contribution in [1.29, 1.82) is 0 Å². The third-order valence-electron chi connectivity index (χ3n) is 5.19. The van der Waals surface area contributed by atoms with Gasteiger partial charge in [-0.15, -0.1) is 0 Å². The lowest BCUT2D eigenvalue weighted by atomic mass is 9.93. The maximum Gasteiger partial charge on any atom is 0.162 e. The van der Waals surface area contributed by atoms with Crippen molar-refractivity contribution in [2.45, 2.75) is 6.04 Å². The first-order valence-corrected chi connectivity index (χ1v) is 9.68. The van der Waals surface area contributed by atoms with Crippen LogP contribution in [0.2, 0.25) is 5.02 Å². The molecule has 3 aromatic carbocycles. The molecule has 0 saturated carbocycles. The molecule has 0 aliphatic carbocycles. The summed E-state index contributed by atoms with van der Waals surface area (Å²) in [6.45, 7) is 0.641. The molecule has 3 aromatic rings. The van der Waals surface area contributed by atoms with E-state index in [1.165, 1.54) is 0 Å². The standard InChI is InChI=1S/C23H23ClN2O3/c1-27-18-10-8-17(9-11-18)26-14-25-20-13-22(29-3)21(28-2)12-19(20)23(26)15-4-6-16(24)7-5-15/h4-13,23,25H,14H2,1-3H3. The summed E-state index contributed by atoms with van der Waals surface area (Å²) in [4.78, 5) is 2.30. The minimum absolute atomic E-state index is 0.0169. The van der Waals surface area contributed by atoms with Crippen LogP contribution in [-0.2, 0) is 0 Å². The van der Waals surface area contributed by atoms with E-state index in [1.807, 2.05) is 36.4 Å². The van der Waals surface area contributed by atoms with Crippen molar-refractivity contribution >= 4 is 23.0 Å². The van der Waals surface area contributed by atoms with Gasteiger partial charge in [-0.2, -0.15) is 0 Å². The molecular formula is C23H23ClN2O3. The number of benzene rings is 3. The Bertz CT molecular complexity index is 990. The molecule has 6 heteroatoms. The fourth-order valence-corrected chi connectivity index (χ4v) is 3.85. The normalized spacial score (nSPS) is 15.3. The van der Waals surface area contributed by atoms with Crippen LogP contribution >= 0.6 is 11.6 Å². The third-order valence-corrected chi connectivity index (χ3v) is 5.44. The molecule has 1 aliphatic heterocycles. The maximum absolute atomic E-state index is 6.15. The molecule has 0 saturated heterocycles. The number of nitrogens with one attached hydrogen (secondary N) is 1. The van der Waals surface area contributed by atoms with Gasteiger partial charge in [-0.05, 0) is 48.0 Å². The maximum atomic E-state index is 6.15. The average molecular weight is 411 g/mol. The van der Waals surface area contributed by atoms with Crippen molar-refractivity contribution in [2.75, 3.05) is 38.2 Å². The van der Waals surface area contributed by atoms with Crippen LogP contribution in [0.5, 0.6) is 17.2 Å². The van der Waals surface area contributed by atoms with Crippen LogP contribution in [0, 0.1) is 0 Å². The van der Waals surface area contributed by atoms with Crippen LogP contribution in [0.3, 0.4) is 0 Å². The Kier molecular flexibility index (Phi) is 5.41. The van der Waals surface area contributed by atoms with Gasteiger partial charge < -0.3 is 24.4 Å². The van der Waals surface area contributed by atoms with Gasteiger partial charge in [0.15, 0.2) is 11.5 Å². The number of rotatable bonds is 5. The lowest BCUT2D eigenvalue weighted by Gasteiger charge is -2.40. The van der Waals surface area contributed by atoms with Crippen LogP contribution in [0.25, 0.3) is 0 Å². The molecule has 1 aliphatic rings. The molecule has 0 bridgehead atoms. The van der Waals surface area contributed by atoms with E-state index in [1.54, 1.807) is 21.3 Å². The molecule has 0 radical (unpaired) electrons. The fraction of sp³-hybridized carbons (Fsp3) is 0.217. The molecular weight excluding hydrogens is 388 g/mol. The number of hydrogen-bond donors (Lipinski definition) is 1. The summed E-state index contributed by atoms with van der Waals surface area (Å²) in [5.41, 5.74) is 4.35. The summed E-state index contributed by atoms with van der Waals surface area (Å²) in [5.74, 6) is 2.23. The van der Waals surface area contributed by atoms with Crippen molar-refractivity contribution in [1.82, 2.24) is 0 Å². The van der Waals surface area contributed by atoms with E-state index in [-0.39, 0.29) is 6.04 Å². The molecule has 4 rings (SSSR count). The van der Waals surface area contributed by atoms with Gasteiger partial charge in [0.25, 0.3) is 0 Å². The van der Waals surface area contributed by atoms with E-state index in [2.05, 4.69) is 34.5 Å². The van der Waals surface area contributed by atoms with Gasteiger partial charge in [0.2, 0.25) is 0 Å².